The van der Waals surface area contributed by atoms with E-state index in [-0.39, 0.29) is 29.4 Å². The second-order valence-electron chi connectivity index (χ2n) is 6.35. The molecule has 0 aliphatic heterocycles. The molecule has 3 nitrogen and oxygen atoms in total. The minimum absolute atomic E-state index is 0. The monoisotopic (exact) mass is 421 g/mol. The summed E-state index contributed by atoms with van der Waals surface area (Å²) < 4.78 is 0. The van der Waals surface area contributed by atoms with E-state index in [0.717, 1.165) is 12.2 Å². The van der Waals surface area contributed by atoms with Crippen LogP contribution in [0.15, 0.2) is 53.5 Å². The van der Waals surface area contributed by atoms with E-state index in [4.69, 9.17) is 5.73 Å². The Bertz CT molecular complexity index is 671. The fourth-order valence-electron chi connectivity index (χ4n) is 2.95. The number of guanidine groups is 1. The summed E-state index contributed by atoms with van der Waals surface area (Å²) in [5.41, 5.74) is 11.1. The van der Waals surface area contributed by atoms with Crippen LogP contribution in [-0.2, 0) is 5.41 Å². The van der Waals surface area contributed by atoms with Crippen molar-refractivity contribution in [2.75, 3.05) is 11.9 Å². The average Bonchev–Trinajstić information content (AvgIpc) is 3.26. The molecule has 3 N–H and O–H groups in total. The van der Waals surface area contributed by atoms with Gasteiger partial charge in [-0.25, -0.2) is 0 Å². The zero-order chi connectivity index (χ0) is 15.6. The summed E-state index contributed by atoms with van der Waals surface area (Å²) in [6.45, 7) is 4.92. The molecule has 1 aliphatic rings. The minimum atomic E-state index is 0. The number of nitrogens with two attached hydrogens (primary N) is 1. The molecule has 0 unspecified atom stereocenters. The smallest absolute Gasteiger partial charge is 0.193 e. The summed E-state index contributed by atoms with van der Waals surface area (Å²) in [7, 11) is 0. The predicted octanol–water partition coefficient (Wildman–Crippen LogP) is 4.38. The first-order valence-corrected chi connectivity index (χ1v) is 7.78. The van der Waals surface area contributed by atoms with E-state index in [0.29, 0.717) is 5.96 Å². The van der Waals surface area contributed by atoms with Gasteiger partial charge in [0, 0.05) is 11.1 Å². The van der Waals surface area contributed by atoms with Crippen molar-refractivity contribution in [2.24, 2.45) is 10.7 Å². The van der Waals surface area contributed by atoms with E-state index in [1.165, 1.54) is 29.5 Å². The third-order valence-corrected chi connectivity index (χ3v) is 4.29. The lowest BCUT2D eigenvalue weighted by atomic mass is 9.96. The number of anilines is 1. The van der Waals surface area contributed by atoms with E-state index in [1.807, 2.05) is 0 Å². The molecule has 122 valence electrons. The Labute approximate surface area is 155 Å². The largest absolute Gasteiger partial charge is 0.370 e. The zero-order valence-electron chi connectivity index (χ0n) is 13.7. The molecule has 0 spiro atoms. The van der Waals surface area contributed by atoms with Gasteiger partial charge in [0.05, 0.1) is 6.54 Å². The van der Waals surface area contributed by atoms with Crippen LogP contribution < -0.4 is 11.1 Å². The van der Waals surface area contributed by atoms with Gasteiger partial charge in [0.1, 0.15) is 0 Å². The van der Waals surface area contributed by atoms with Gasteiger partial charge in [-0.15, -0.1) is 24.0 Å². The highest BCUT2D eigenvalue weighted by Crippen LogP contribution is 2.48. The van der Waals surface area contributed by atoms with Crippen LogP contribution in [0, 0.1) is 13.8 Å². The Hall–Kier alpha value is -1.56. The van der Waals surface area contributed by atoms with Crippen LogP contribution in [0.3, 0.4) is 0 Å². The van der Waals surface area contributed by atoms with Crippen LogP contribution in [0.25, 0.3) is 0 Å². The first-order chi connectivity index (χ1) is 10.6. The lowest BCUT2D eigenvalue weighted by molar-refractivity contribution is 0.705. The van der Waals surface area contributed by atoms with E-state index >= 15 is 0 Å². The molecule has 0 radical (unpaired) electrons. The van der Waals surface area contributed by atoms with E-state index in [9.17, 15) is 0 Å². The topological polar surface area (TPSA) is 50.4 Å². The minimum Gasteiger partial charge on any atom is -0.370 e. The molecule has 0 bridgehead atoms. The predicted molar refractivity (Wildman–Crippen MR) is 109 cm³/mol. The van der Waals surface area contributed by atoms with Crippen LogP contribution in [0.2, 0.25) is 0 Å². The van der Waals surface area contributed by atoms with Crippen molar-refractivity contribution < 1.29 is 0 Å². The normalized spacial score (nSPS) is 15.7. The summed E-state index contributed by atoms with van der Waals surface area (Å²) in [4.78, 5) is 4.57. The average molecular weight is 421 g/mol. The van der Waals surface area contributed by atoms with Gasteiger partial charge < -0.3 is 11.1 Å². The molecular weight excluding hydrogens is 397 g/mol. The maximum atomic E-state index is 6.06. The number of rotatable bonds is 4. The Balaban J connectivity index is 0.00000192. The van der Waals surface area contributed by atoms with Crippen molar-refractivity contribution in [3.8, 4) is 0 Å². The first kappa shape index (κ1) is 17.8. The van der Waals surface area contributed by atoms with E-state index < -0.39 is 0 Å². The van der Waals surface area contributed by atoms with Gasteiger partial charge in [0.15, 0.2) is 5.96 Å². The number of halogens is 1. The van der Waals surface area contributed by atoms with Crippen LogP contribution in [-0.4, -0.2) is 12.5 Å². The van der Waals surface area contributed by atoms with Crippen molar-refractivity contribution >= 4 is 35.6 Å². The quantitative estimate of drug-likeness (QED) is 0.438. The van der Waals surface area contributed by atoms with E-state index in [2.05, 4.69) is 72.7 Å². The molecular formula is C19H24IN3. The highest BCUT2D eigenvalue weighted by atomic mass is 127. The number of hydrogen-bond acceptors (Lipinski definition) is 1. The van der Waals surface area contributed by atoms with Crippen molar-refractivity contribution in [3.05, 3.63) is 65.2 Å². The Kier molecular flexibility index (Phi) is 5.68. The van der Waals surface area contributed by atoms with Crippen molar-refractivity contribution in [1.82, 2.24) is 0 Å². The maximum absolute atomic E-state index is 6.06. The number of aliphatic imine (C=N–C) groups is 1. The van der Waals surface area contributed by atoms with Gasteiger partial charge in [0.25, 0.3) is 0 Å². The number of benzene rings is 2. The summed E-state index contributed by atoms with van der Waals surface area (Å²) in [6, 6.07) is 16.9. The Morgan fingerprint density at radius 1 is 1.09 bits per heavy atom. The molecule has 2 aromatic rings. The lowest BCUT2D eigenvalue weighted by Crippen LogP contribution is -2.25. The Morgan fingerprint density at radius 2 is 1.70 bits per heavy atom. The second kappa shape index (κ2) is 7.34. The molecule has 3 rings (SSSR count). The standard InChI is InChI=1S/C19H23N3.HI/c1-14-10-15(2)12-17(11-14)22-18(20)21-13-19(8-9-19)16-6-4-3-5-7-16;/h3-7,10-12H,8-9,13H2,1-2H3,(H3,20,21,22);1H. The molecule has 0 heterocycles. The molecule has 0 atom stereocenters. The molecule has 0 aromatic heterocycles. The first-order valence-electron chi connectivity index (χ1n) is 7.78. The van der Waals surface area contributed by atoms with Crippen LogP contribution in [0.4, 0.5) is 5.69 Å². The van der Waals surface area contributed by atoms with Crippen LogP contribution in [0.5, 0.6) is 0 Å². The molecule has 0 saturated heterocycles. The number of aryl methyl sites for hydroxylation is 2. The number of nitrogens with one attached hydrogen (secondary N) is 1. The fourth-order valence-corrected chi connectivity index (χ4v) is 2.95. The van der Waals surface area contributed by atoms with Gasteiger partial charge in [-0.3, -0.25) is 4.99 Å². The number of nitrogens with zero attached hydrogens (tertiary/aromatic N) is 1. The van der Waals surface area contributed by atoms with Gasteiger partial charge in [-0.2, -0.15) is 0 Å². The third-order valence-electron chi connectivity index (χ3n) is 4.29. The summed E-state index contributed by atoms with van der Waals surface area (Å²) in [6.07, 6.45) is 2.38. The molecule has 0 amide bonds. The van der Waals surface area contributed by atoms with Crippen molar-refractivity contribution in [3.63, 3.8) is 0 Å². The summed E-state index contributed by atoms with van der Waals surface area (Å²) >= 11 is 0. The summed E-state index contributed by atoms with van der Waals surface area (Å²) in [5, 5.41) is 3.20. The van der Waals surface area contributed by atoms with Crippen LogP contribution in [0.1, 0.15) is 29.5 Å². The number of hydrogen-bond donors (Lipinski definition) is 2. The second-order valence-corrected chi connectivity index (χ2v) is 6.35. The molecule has 1 aliphatic carbocycles. The van der Waals surface area contributed by atoms with Gasteiger partial charge in [-0.1, -0.05) is 36.4 Å². The Morgan fingerprint density at radius 3 is 2.26 bits per heavy atom. The third kappa shape index (κ3) is 4.47. The molecule has 1 saturated carbocycles. The fraction of sp³-hybridized carbons (Fsp3) is 0.316. The SMILES string of the molecule is Cc1cc(C)cc(NC(N)=NCC2(c3ccccc3)CC2)c1.I. The molecule has 2 aromatic carbocycles. The molecule has 4 heteroatoms. The van der Waals surface area contributed by atoms with Crippen LogP contribution >= 0.6 is 24.0 Å². The van der Waals surface area contributed by atoms with Gasteiger partial charge >= 0.3 is 0 Å². The molecule has 23 heavy (non-hydrogen) atoms. The van der Waals surface area contributed by atoms with Gasteiger partial charge in [-0.05, 0) is 55.5 Å². The van der Waals surface area contributed by atoms with Crippen molar-refractivity contribution in [1.29, 1.82) is 0 Å². The van der Waals surface area contributed by atoms with E-state index in [1.54, 1.807) is 0 Å². The maximum Gasteiger partial charge on any atom is 0.193 e. The van der Waals surface area contributed by atoms with Crippen molar-refractivity contribution in [2.45, 2.75) is 32.1 Å². The highest BCUT2D eigenvalue weighted by molar-refractivity contribution is 14.0. The highest BCUT2D eigenvalue weighted by Gasteiger charge is 2.43. The molecule has 1 fully saturated rings. The lowest BCUT2D eigenvalue weighted by Gasteiger charge is -2.14. The summed E-state index contributed by atoms with van der Waals surface area (Å²) in [5.74, 6) is 0.493. The zero-order valence-corrected chi connectivity index (χ0v) is 16.0. The van der Waals surface area contributed by atoms with Gasteiger partial charge in [0.2, 0.25) is 0 Å².